The van der Waals surface area contributed by atoms with Crippen LogP contribution in [0.4, 0.5) is 5.69 Å². The molecule has 1 aromatic heterocycles. The van der Waals surface area contributed by atoms with Crippen molar-refractivity contribution in [3.63, 3.8) is 0 Å². The number of aromatic nitrogens is 1. The zero-order chi connectivity index (χ0) is 15.5. The van der Waals surface area contributed by atoms with Crippen molar-refractivity contribution in [3.8, 4) is 0 Å². The van der Waals surface area contributed by atoms with Crippen molar-refractivity contribution >= 4 is 15.7 Å². The first-order valence-electron chi connectivity index (χ1n) is 6.99. The third kappa shape index (κ3) is 3.91. The molecule has 1 fully saturated rings. The Morgan fingerprint density at radius 2 is 1.95 bits per heavy atom. The van der Waals surface area contributed by atoms with E-state index in [1.54, 1.807) is 12.1 Å². The third-order valence-corrected chi connectivity index (χ3v) is 5.45. The summed E-state index contributed by atoms with van der Waals surface area (Å²) in [5.74, 6) is 0. The van der Waals surface area contributed by atoms with Crippen molar-refractivity contribution in [2.45, 2.75) is 5.03 Å². The normalized spacial score (nSPS) is 18.2. The third-order valence-electron chi connectivity index (χ3n) is 3.58. The Balaban J connectivity index is 2.00. The number of nitrogens with zero attached hydrogens (tertiary/aromatic N) is 4. The lowest BCUT2D eigenvalue weighted by atomic mass is 10.3. The average molecular weight is 313 g/mol. The molecule has 2 N–H and O–H groups in total. The molecule has 0 spiro atoms. The molecule has 0 bridgehead atoms. The summed E-state index contributed by atoms with van der Waals surface area (Å²) in [5, 5.41) is -0.0354. The van der Waals surface area contributed by atoms with E-state index in [0.29, 0.717) is 13.1 Å². The Hall–Kier alpha value is -1.22. The quantitative estimate of drug-likeness (QED) is 0.791. The Morgan fingerprint density at radius 3 is 2.52 bits per heavy atom. The molecule has 0 saturated carbocycles. The van der Waals surface area contributed by atoms with Crippen molar-refractivity contribution in [2.24, 2.45) is 0 Å². The fourth-order valence-electron chi connectivity index (χ4n) is 2.28. The van der Waals surface area contributed by atoms with Crippen LogP contribution in [0.2, 0.25) is 0 Å². The first kappa shape index (κ1) is 16.2. The second-order valence-corrected chi connectivity index (χ2v) is 7.30. The highest BCUT2D eigenvalue weighted by Gasteiger charge is 2.30. The minimum atomic E-state index is -3.59. The number of nitrogens with two attached hydrogens (primary N) is 1. The molecule has 1 aromatic rings. The molecule has 21 heavy (non-hydrogen) atoms. The van der Waals surface area contributed by atoms with Gasteiger partial charge in [-0.15, -0.1) is 0 Å². The van der Waals surface area contributed by atoms with Gasteiger partial charge in [0.25, 0.3) is 10.0 Å². The van der Waals surface area contributed by atoms with Gasteiger partial charge in [-0.25, -0.2) is 13.4 Å². The molecule has 118 valence electrons. The van der Waals surface area contributed by atoms with Gasteiger partial charge in [0.05, 0.1) is 5.69 Å². The van der Waals surface area contributed by atoms with Gasteiger partial charge in [0.1, 0.15) is 0 Å². The van der Waals surface area contributed by atoms with Crippen LogP contribution in [-0.4, -0.2) is 80.9 Å². The standard InChI is InChI=1S/C13H23N5O2S/c1-16(2)6-7-17-8-10-18(11-9-17)21(19,20)13-12(14)4-3-5-15-13/h3-5H,6-11,14H2,1-2H3. The Kier molecular flexibility index (Phi) is 5.15. The van der Waals surface area contributed by atoms with E-state index >= 15 is 0 Å². The Labute approximate surface area is 126 Å². The maximum absolute atomic E-state index is 12.5. The number of piperazine rings is 1. The van der Waals surface area contributed by atoms with Gasteiger partial charge in [-0.1, -0.05) is 0 Å². The summed E-state index contributed by atoms with van der Waals surface area (Å²) in [6, 6.07) is 3.20. The lowest BCUT2D eigenvalue weighted by Crippen LogP contribution is -2.50. The average Bonchev–Trinajstić information content (AvgIpc) is 2.46. The molecule has 7 nitrogen and oxygen atoms in total. The molecule has 1 saturated heterocycles. The first-order valence-corrected chi connectivity index (χ1v) is 8.43. The second kappa shape index (κ2) is 6.69. The number of hydrogen-bond acceptors (Lipinski definition) is 6. The molecule has 0 unspecified atom stereocenters. The van der Waals surface area contributed by atoms with E-state index in [9.17, 15) is 8.42 Å². The van der Waals surface area contributed by atoms with Crippen molar-refractivity contribution in [2.75, 3.05) is 59.1 Å². The predicted octanol–water partition coefficient (Wildman–Crippen LogP) is -0.468. The van der Waals surface area contributed by atoms with Gasteiger partial charge in [0.2, 0.25) is 0 Å². The van der Waals surface area contributed by atoms with Crippen LogP contribution >= 0.6 is 0 Å². The molecule has 0 amide bonds. The highest BCUT2D eigenvalue weighted by atomic mass is 32.2. The zero-order valence-corrected chi connectivity index (χ0v) is 13.4. The van der Waals surface area contributed by atoms with E-state index in [-0.39, 0.29) is 10.7 Å². The summed E-state index contributed by atoms with van der Waals surface area (Å²) >= 11 is 0. The molecule has 0 radical (unpaired) electrons. The minimum absolute atomic E-state index is 0.0354. The van der Waals surface area contributed by atoms with Crippen LogP contribution in [0, 0.1) is 0 Å². The Bertz CT molecular complexity index is 568. The fraction of sp³-hybridized carbons (Fsp3) is 0.615. The summed E-state index contributed by atoms with van der Waals surface area (Å²) in [6.07, 6.45) is 1.45. The number of anilines is 1. The van der Waals surface area contributed by atoms with Gasteiger partial charge in [0.15, 0.2) is 5.03 Å². The maximum atomic E-state index is 12.5. The highest BCUT2D eigenvalue weighted by molar-refractivity contribution is 7.89. The molecule has 2 heterocycles. The second-order valence-electron chi connectivity index (χ2n) is 5.45. The number of hydrogen-bond donors (Lipinski definition) is 1. The zero-order valence-electron chi connectivity index (χ0n) is 12.6. The van der Waals surface area contributed by atoms with Crippen molar-refractivity contribution in [1.29, 1.82) is 0 Å². The monoisotopic (exact) mass is 313 g/mol. The maximum Gasteiger partial charge on any atom is 0.262 e. The molecular formula is C13H23N5O2S. The lowest BCUT2D eigenvalue weighted by molar-refractivity contribution is 0.174. The number of pyridine rings is 1. The number of likely N-dealkylation sites (N-methyl/N-ethyl adjacent to an activating group) is 1. The van der Waals surface area contributed by atoms with Gasteiger partial charge in [-0.2, -0.15) is 4.31 Å². The smallest absolute Gasteiger partial charge is 0.262 e. The van der Waals surface area contributed by atoms with Gasteiger partial charge < -0.3 is 10.6 Å². The van der Waals surface area contributed by atoms with Crippen molar-refractivity contribution in [1.82, 2.24) is 19.1 Å². The summed E-state index contributed by atoms with van der Waals surface area (Å²) in [6.45, 7) is 4.35. The largest absolute Gasteiger partial charge is 0.396 e. The Morgan fingerprint density at radius 1 is 1.29 bits per heavy atom. The van der Waals surface area contributed by atoms with Crippen LogP contribution < -0.4 is 5.73 Å². The number of sulfonamides is 1. The molecule has 0 aliphatic carbocycles. The summed E-state index contributed by atoms with van der Waals surface area (Å²) in [4.78, 5) is 8.32. The van der Waals surface area contributed by atoms with E-state index < -0.39 is 10.0 Å². The van der Waals surface area contributed by atoms with Gasteiger partial charge in [-0.3, -0.25) is 4.90 Å². The number of nitrogen functional groups attached to an aromatic ring is 1. The van der Waals surface area contributed by atoms with Gasteiger partial charge >= 0.3 is 0 Å². The summed E-state index contributed by atoms with van der Waals surface area (Å²) < 4.78 is 26.5. The summed E-state index contributed by atoms with van der Waals surface area (Å²) in [7, 11) is 0.477. The predicted molar refractivity (Wildman–Crippen MR) is 82.4 cm³/mol. The molecule has 0 aromatic carbocycles. The molecule has 8 heteroatoms. The molecule has 1 aliphatic heterocycles. The SMILES string of the molecule is CN(C)CCN1CCN(S(=O)(=O)c2ncccc2N)CC1. The van der Waals surface area contributed by atoms with E-state index in [0.717, 1.165) is 26.2 Å². The molecule has 2 rings (SSSR count). The fourth-order valence-corrected chi connectivity index (χ4v) is 3.72. The van der Waals surface area contributed by atoms with Crippen LogP contribution in [0.1, 0.15) is 0 Å². The van der Waals surface area contributed by atoms with E-state index in [1.165, 1.54) is 10.5 Å². The van der Waals surface area contributed by atoms with Crippen LogP contribution in [0.25, 0.3) is 0 Å². The minimum Gasteiger partial charge on any atom is -0.396 e. The molecular weight excluding hydrogens is 290 g/mol. The molecule has 0 atom stereocenters. The van der Waals surface area contributed by atoms with Crippen LogP contribution in [0.3, 0.4) is 0 Å². The topological polar surface area (TPSA) is 82.8 Å². The summed E-state index contributed by atoms with van der Waals surface area (Å²) in [5.41, 5.74) is 5.94. The van der Waals surface area contributed by atoms with Crippen molar-refractivity contribution < 1.29 is 8.42 Å². The van der Waals surface area contributed by atoms with E-state index in [2.05, 4.69) is 14.8 Å². The highest BCUT2D eigenvalue weighted by Crippen LogP contribution is 2.20. The molecule has 1 aliphatic rings. The number of rotatable bonds is 5. The van der Waals surface area contributed by atoms with E-state index in [1.807, 2.05) is 14.1 Å². The first-order chi connectivity index (χ1) is 9.91. The van der Waals surface area contributed by atoms with Crippen molar-refractivity contribution in [3.05, 3.63) is 18.3 Å². The van der Waals surface area contributed by atoms with E-state index in [4.69, 9.17) is 5.73 Å². The van der Waals surface area contributed by atoms with Crippen LogP contribution in [-0.2, 0) is 10.0 Å². The van der Waals surface area contributed by atoms with Gasteiger partial charge in [-0.05, 0) is 26.2 Å². The van der Waals surface area contributed by atoms with Crippen LogP contribution in [0.5, 0.6) is 0 Å². The van der Waals surface area contributed by atoms with Crippen LogP contribution in [0.15, 0.2) is 23.4 Å². The van der Waals surface area contributed by atoms with Gasteiger partial charge in [0, 0.05) is 45.5 Å². The lowest BCUT2D eigenvalue weighted by Gasteiger charge is -2.34.